The van der Waals surface area contributed by atoms with Crippen LogP contribution >= 0.6 is 11.8 Å². The maximum absolute atomic E-state index is 13.6. The highest BCUT2D eigenvalue weighted by Crippen LogP contribution is 2.26. The van der Waals surface area contributed by atoms with E-state index in [-0.39, 0.29) is 11.3 Å². The number of rotatable bonds is 12. The molecule has 1 aliphatic rings. The molecule has 3 rings (SSSR count). The highest BCUT2D eigenvalue weighted by Gasteiger charge is 2.43. The molecule has 0 unspecified atom stereocenters. The van der Waals surface area contributed by atoms with Crippen LogP contribution in [0.15, 0.2) is 53.4 Å². The molecule has 11 heteroatoms. The third-order valence-electron chi connectivity index (χ3n) is 5.67. The summed E-state index contributed by atoms with van der Waals surface area (Å²) < 4.78 is 33.5. The number of ether oxygens (including phenoxy) is 1. The number of sulfonamides is 1. The minimum atomic E-state index is -4.43. The van der Waals surface area contributed by atoms with E-state index < -0.39 is 33.3 Å². The second-order valence-electron chi connectivity index (χ2n) is 8.86. The van der Waals surface area contributed by atoms with Gasteiger partial charge in [-0.25, -0.2) is 17.5 Å². The molecular formula is C25H33N3O6S2. The maximum Gasteiger partial charge on any atom is 0.328 e. The van der Waals surface area contributed by atoms with Gasteiger partial charge in [-0.3, -0.25) is 10.1 Å². The van der Waals surface area contributed by atoms with Crippen LogP contribution in [0.4, 0.5) is 0 Å². The summed E-state index contributed by atoms with van der Waals surface area (Å²) in [6.07, 6.45) is 0.682. The van der Waals surface area contributed by atoms with Crippen molar-refractivity contribution in [3.8, 4) is 5.75 Å². The van der Waals surface area contributed by atoms with Crippen LogP contribution in [-0.2, 0) is 26.0 Å². The fourth-order valence-corrected chi connectivity index (χ4v) is 6.33. The molecule has 1 aliphatic heterocycles. The molecule has 2 aromatic rings. The SMILES string of the molecule is Cc1ccc(S(=O)(=O)N(C(=O)[C@H]2NCCS2)[C@@H](Cc2ccc(OCCCN(C)C)cc2)C(=O)O)cc1. The van der Waals surface area contributed by atoms with Crippen molar-refractivity contribution in [2.24, 2.45) is 0 Å². The lowest BCUT2D eigenvalue weighted by atomic mass is 10.1. The molecule has 0 bridgehead atoms. The summed E-state index contributed by atoms with van der Waals surface area (Å²) in [7, 11) is -0.451. The molecule has 36 heavy (non-hydrogen) atoms. The van der Waals surface area contributed by atoms with E-state index in [9.17, 15) is 23.1 Å². The van der Waals surface area contributed by atoms with Crippen LogP contribution in [0.3, 0.4) is 0 Å². The predicted molar refractivity (Wildman–Crippen MR) is 140 cm³/mol. The van der Waals surface area contributed by atoms with Crippen molar-refractivity contribution < 1.29 is 27.9 Å². The van der Waals surface area contributed by atoms with Gasteiger partial charge in [0.15, 0.2) is 0 Å². The van der Waals surface area contributed by atoms with E-state index in [2.05, 4.69) is 10.2 Å². The summed E-state index contributed by atoms with van der Waals surface area (Å²) in [4.78, 5) is 27.7. The monoisotopic (exact) mass is 535 g/mol. The molecular weight excluding hydrogens is 502 g/mol. The highest BCUT2D eigenvalue weighted by molar-refractivity contribution is 8.01. The van der Waals surface area contributed by atoms with Crippen LogP contribution in [0.1, 0.15) is 17.5 Å². The van der Waals surface area contributed by atoms with Crippen LogP contribution in [0.25, 0.3) is 0 Å². The first-order valence-electron chi connectivity index (χ1n) is 11.7. The quantitative estimate of drug-likeness (QED) is 0.395. The fourth-order valence-electron chi connectivity index (χ4n) is 3.75. The molecule has 0 saturated carbocycles. The lowest BCUT2D eigenvalue weighted by molar-refractivity contribution is -0.146. The summed E-state index contributed by atoms with van der Waals surface area (Å²) in [5.41, 5.74) is 1.42. The molecule has 2 aromatic carbocycles. The number of carboxylic acid groups (broad SMARTS) is 1. The van der Waals surface area contributed by atoms with Crippen LogP contribution in [-0.4, -0.2) is 85.6 Å². The Hall–Kier alpha value is -2.60. The first kappa shape index (κ1) is 28.0. The van der Waals surface area contributed by atoms with Crippen molar-refractivity contribution in [3.63, 3.8) is 0 Å². The number of benzene rings is 2. The van der Waals surface area contributed by atoms with Crippen molar-refractivity contribution in [1.29, 1.82) is 0 Å². The van der Waals surface area contributed by atoms with Gasteiger partial charge in [0.2, 0.25) is 0 Å². The topological polar surface area (TPSA) is 116 Å². The average molecular weight is 536 g/mol. The highest BCUT2D eigenvalue weighted by atomic mass is 32.2. The molecule has 2 N–H and O–H groups in total. The van der Waals surface area contributed by atoms with Gasteiger partial charge in [0, 0.05) is 25.3 Å². The Labute approximate surface area is 216 Å². The second kappa shape index (κ2) is 12.6. The molecule has 196 valence electrons. The number of carboxylic acids is 1. The van der Waals surface area contributed by atoms with Gasteiger partial charge in [0.05, 0.1) is 11.5 Å². The normalized spacial score (nSPS) is 16.6. The summed E-state index contributed by atoms with van der Waals surface area (Å²) in [5, 5.41) is 12.2. The molecule has 0 spiro atoms. The molecule has 1 saturated heterocycles. The number of thioether (sulfide) groups is 1. The zero-order valence-electron chi connectivity index (χ0n) is 20.7. The van der Waals surface area contributed by atoms with E-state index in [1.807, 2.05) is 21.0 Å². The molecule has 2 atom stereocenters. The number of aryl methyl sites for hydroxylation is 1. The first-order chi connectivity index (χ1) is 17.1. The number of amides is 1. The van der Waals surface area contributed by atoms with Gasteiger partial charge < -0.3 is 14.7 Å². The Morgan fingerprint density at radius 1 is 1.14 bits per heavy atom. The Balaban J connectivity index is 1.86. The minimum absolute atomic E-state index is 0.128. The van der Waals surface area contributed by atoms with Crippen molar-refractivity contribution in [2.75, 3.05) is 39.5 Å². The van der Waals surface area contributed by atoms with E-state index in [4.69, 9.17) is 4.74 Å². The largest absolute Gasteiger partial charge is 0.494 e. The number of carbonyl (C=O) groups excluding carboxylic acids is 1. The minimum Gasteiger partial charge on any atom is -0.494 e. The number of aliphatic carboxylic acids is 1. The zero-order valence-corrected chi connectivity index (χ0v) is 22.3. The lowest BCUT2D eigenvalue weighted by Crippen LogP contribution is -2.54. The number of nitrogens with one attached hydrogen (secondary N) is 1. The second-order valence-corrected chi connectivity index (χ2v) is 11.9. The van der Waals surface area contributed by atoms with Crippen molar-refractivity contribution in [2.45, 2.75) is 36.1 Å². The van der Waals surface area contributed by atoms with Gasteiger partial charge in [-0.15, -0.1) is 11.8 Å². The molecule has 1 fully saturated rings. The third-order valence-corrected chi connectivity index (χ3v) is 8.64. The molecule has 1 heterocycles. The number of carbonyl (C=O) groups is 2. The van der Waals surface area contributed by atoms with Crippen LogP contribution in [0.2, 0.25) is 0 Å². The molecule has 0 radical (unpaired) electrons. The van der Waals surface area contributed by atoms with E-state index in [1.54, 1.807) is 36.4 Å². The van der Waals surface area contributed by atoms with Crippen LogP contribution < -0.4 is 10.1 Å². The standard InChI is InChI=1S/C25H33N3O6S2/c1-18-5-11-21(12-6-18)36(32,33)28(24(29)23-26-13-16-35-23)22(25(30)31)17-19-7-9-20(10-8-19)34-15-4-14-27(2)3/h5-12,22-23,26H,4,13-17H2,1-3H3,(H,30,31)/t22-,23-/m0/s1. The van der Waals surface area contributed by atoms with Crippen LogP contribution in [0.5, 0.6) is 5.75 Å². The van der Waals surface area contributed by atoms with Gasteiger partial charge in [-0.1, -0.05) is 29.8 Å². The van der Waals surface area contributed by atoms with Gasteiger partial charge in [-0.05, 0) is 57.3 Å². The number of hydrogen-bond acceptors (Lipinski definition) is 8. The van der Waals surface area contributed by atoms with Crippen molar-refractivity contribution in [3.05, 3.63) is 59.7 Å². The summed E-state index contributed by atoms with van der Waals surface area (Å²) >= 11 is 1.26. The van der Waals surface area contributed by atoms with Gasteiger partial charge in [-0.2, -0.15) is 0 Å². The third kappa shape index (κ3) is 7.22. The Morgan fingerprint density at radius 3 is 2.36 bits per heavy atom. The average Bonchev–Trinajstić information content (AvgIpc) is 3.37. The lowest BCUT2D eigenvalue weighted by Gasteiger charge is -2.30. The molecule has 0 aromatic heterocycles. The molecule has 0 aliphatic carbocycles. The van der Waals surface area contributed by atoms with Crippen LogP contribution in [0, 0.1) is 6.92 Å². The molecule has 9 nitrogen and oxygen atoms in total. The molecule has 1 amide bonds. The smallest absolute Gasteiger partial charge is 0.328 e. The number of nitrogens with zero attached hydrogens (tertiary/aromatic N) is 2. The van der Waals surface area contributed by atoms with Gasteiger partial charge >= 0.3 is 5.97 Å². The summed E-state index contributed by atoms with van der Waals surface area (Å²) in [6.45, 7) is 3.78. The van der Waals surface area contributed by atoms with Gasteiger partial charge in [0.1, 0.15) is 17.2 Å². The maximum atomic E-state index is 13.6. The van der Waals surface area contributed by atoms with Crippen molar-refractivity contribution >= 4 is 33.7 Å². The van der Waals surface area contributed by atoms with E-state index in [1.165, 1.54) is 23.9 Å². The van der Waals surface area contributed by atoms with E-state index in [0.717, 1.165) is 18.5 Å². The van der Waals surface area contributed by atoms with E-state index in [0.29, 0.717) is 34.5 Å². The van der Waals surface area contributed by atoms with Gasteiger partial charge in [0.25, 0.3) is 15.9 Å². The Kier molecular flexibility index (Phi) is 9.77. The Morgan fingerprint density at radius 2 is 1.81 bits per heavy atom. The number of hydrogen-bond donors (Lipinski definition) is 2. The van der Waals surface area contributed by atoms with E-state index >= 15 is 0 Å². The summed E-state index contributed by atoms with van der Waals surface area (Å²) in [5.74, 6) is -0.920. The summed E-state index contributed by atoms with van der Waals surface area (Å²) in [6, 6.07) is 11.2. The predicted octanol–water partition coefficient (Wildman–Crippen LogP) is 2.20. The zero-order chi connectivity index (χ0) is 26.3. The Bertz CT molecular complexity index is 1130. The first-order valence-corrected chi connectivity index (χ1v) is 14.2. The van der Waals surface area contributed by atoms with Crippen molar-refractivity contribution in [1.82, 2.24) is 14.5 Å². The fraction of sp³-hybridized carbons (Fsp3) is 0.440.